The van der Waals surface area contributed by atoms with Gasteiger partial charge in [-0.2, -0.15) is 0 Å². The van der Waals surface area contributed by atoms with Gasteiger partial charge in [-0.05, 0) is 30.2 Å². The van der Waals surface area contributed by atoms with Gasteiger partial charge in [0.1, 0.15) is 0 Å². The summed E-state index contributed by atoms with van der Waals surface area (Å²) in [6.07, 6.45) is 0. The van der Waals surface area contributed by atoms with Crippen LogP contribution in [0.5, 0.6) is 0 Å². The summed E-state index contributed by atoms with van der Waals surface area (Å²) in [5.41, 5.74) is 3.53. The van der Waals surface area contributed by atoms with E-state index in [9.17, 15) is 4.79 Å². The summed E-state index contributed by atoms with van der Waals surface area (Å²) in [4.78, 5) is 13.3. The first kappa shape index (κ1) is 11.1. The van der Waals surface area contributed by atoms with Gasteiger partial charge in [-0.15, -0.1) is 0 Å². The maximum atomic E-state index is 10.9. The molecular formula is C13H17NO2. The van der Waals surface area contributed by atoms with E-state index in [0.29, 0.717) is 0 Å². The zero-order valence-corrected chi connectivity index (χ0v) is 9.73. The van der Waals surface area contributed by atoms with Crippen LogP contribution in [0.4, 0.5) is 0 Å². The van der Waals surface area contributed by atoms with Crippen LogP contribution in [0.2, 0.25) is 0 Å². The SMILES string of the molecule is CCN1Cc2ccc(C(C)C(=O)O)cc2C1. The van der Waals surface area contributed by atoms with E-state index in [0.717, 1.165) is 25.2 Å². The number of rotatable bonds is 3. The molecule has 1 aromatic carbocycles. The van der Waals surface area contributed by atoms with Crippen molar-refractivity contribution in [1.29, 1.82) is 0 Å². The van der Waals surface area contributed by atoms with Gasteiger partial charge in [0.2, 0.25) is 0 Å². The highest BCUT2D eigenvalue weighted by Crippen LogP contribution is 2.26. The number of fused-ring (bicyclic) bond motifs is 1. The predicted octanol–water partition coefficient (Wildman–Crippen LogP) is 2.21. The molecule has 1 atom stereocenters. The van der Waals surface area contributed by atoms with Gasteiger partial charge in [0.05, 0.1) is 5.92 Å². The average molecular weight is 219 g/mol. The Morgan fingerprint density at radius 3 is 2.75 bits per heavy atom. The minimum absolute atomic E-state index is 0.416. The second-order valence-corrected chi connectivity index (χ2v) is 4.39. The number of carboxylic acid groups (broad SMARTS) is 1. The van der Waals surface area contributed by atoms with Gasteiger partial charge in [0, 0.05) is 13.1 Å². The average Bonchev–Trinajstić information content (AvgIpc) is 2.69. The van der Waals surface area contributed by atoms with Gasteiger partial charge in [0.15, 0.2) is 0 Å². The number of hydrogen-bond donors (Lipinski definition) is 1. The lowest BCUT2D eigenvalue weighted by Gasteiger charge is -2.09. The first-order valence-electron chi connectivity index (χ1n) is 5.68. The first-order chi connectivity index (χ1) is 7.61. The van der Waals surface area contributed by atoms with E-state index in [-0.39, 0.29) is 0 Å². The predicted molar refractivity (Wildman–Crippen MR) is 62.3 cm³/mol. The van der Waals surface area contributed by atoms with Gasteiger partial charge >= 0.3 is 5.97 Å². The van der Waals surface area contributed by atoms with E-state index in [1.807, 2.05) is 12.1 Å². The normalized spacial score (nSPS) is 17.1. The van der Waals surface area contributed by atoms with Crippen LogP contribution in [0.1, 0.15) is 36.5 Å². The monoisotopic (exact) mass is 219 g/mol. The van der Waals surface area contributed by atoms with E-state index in [1.165, 1.54) is 11.1 Å². The first-order valence-corrected chi connectivity index (χ1v) is 5.68. The van der Waals surface area contributed by atoms with Crippen molar-refractivity contribution in [2.75, 3.05) is 6.54 Å². The molecule has 2 rings (SSSR count). The van der Waals surface area contributed by atoms with Gasteiger partial charge in [-0.25, -0.2) is 0 Å². The Labute approximate surface area is 95.7 Å². The van der Waals surface area contributed by atoms with Crippen molar-refractivity contribution in [3.8, 4) is 0 Å². The summed E-state index contributed by atoms with van der Waals surface area (Å²) in [6.45, 7) is 6.86. The van der Waals surface area contributed by atoms with Crippen LogP contribution in [-0.2, 0) is 17.9 Å². The molecule has 0 saturated carbocycles. The third-order valence-electron chi connectivity index (χ3n) is 3.34. The highest BCUT2D eigenvalue weighted by atomic mass is 16.4. The van der Waals surface area contributed by atoms with Gasteiger partial charge in [-0.1, -0.05) is 25.1 Å². The molecule has 3 nitrogen and oxygen atoms in total. The van der Waals surface area contributed by atoms with E-state index in [2.05, 4.69) is 17.9 Å². The Bertz CT molecular complexity index is 414. The fourth-order valence-corrected chi connectivity index (χ4v) is 2.12. The third-order valence-corrected chi connectivity index (χ3v) is 3.34. The number of aliphatic carboxylic acids is 1. The zero-order chi connectivity index (χ0) is 11.7. The molecule has 0 aromatic heterocycles. The number of benzene rings is 1. The maximum Gasteiger partial charge on any atom is 0.310 e. The van der Waals surface area contributed by atoms with Crippen LogP contribution in [0.15, 0.2) is 18.2 Å². The molecule has 3 heteroatoms. The van der Waals surface area contributed by atoms with Crippen molar-refractivity contribution >= 4 is 5.97 Å². The Morgan fingerprint density at radius 2 is 2.12 bits per heavy atom. The molecule has 0 aliphatic carbocycles. The second kappa shape index (κ2) is 4.26. The molecule has 1 heterocycles. The Kier molecular flexibility index (Phi) is 2.97. The number of carboxylic acids is 1. The van der Waals surface area contributed by atoms with Crippen LogP contribution < -0.4 is 0 Å². The van der Waals surface area contributed by atoms with E-state index < -0.39 is 11.9 Å². The van der Waals surface area contributed by atoms with Crippen molar-refractivity contribution in [3.05, 3.63) is 34.9 Å². The van der Waals surface area contributed by atoms with Gasteiger partial charge in [-0.3, -0.25) is 9.69 Å². The number of hydrogen-bond acceptors (Lipinski definition) is 2. The lowest BCUT2D eigenvalue weighted by atomic mass is 9.97. The van der Waals surface area contributed by atoms with Gasteiger partial charge < -0.3 is 5.11 Å². The van der Waals surface area contributed by atoms with Crippen molar-refractivity contribution in [1.82, 2.24) is 4.90 Å². The molecule has 0 spiro atoms. The summed E-state index contributed by atoms with van der Waals surface area (Å²) in [5, 5.41) is 8.97. The molecule has 86 valence electrons. The molecule has 1 unspecified atom stereocenters. The second-order valence-electron chi connectivity index (χ2n) is 4.39. The topological polar surface area (TPSA) is 40.5 Å². The number of nitrogens with zero attached hydrogens (tertiary/aromatic N) is 1. The lowest BCUT2D eigenvalue weighted by Crippen LogP contribution is -2.14. The summed E-state index contributed by atoms with van der Waals surface area (Å²) in [6, 6.07) is 6.06. The molecule has 0 radical (unpaired) electrons. The van der Waals surface area contributed by atoms with E-state index in [4.69, 9.17) is 5.11 Å². The summed E-state index contributed by atoms with van der Waals surface area (Å²) >= 11 is 0. The quantitative estimate of drug-likeness (QED) is 0.847. The lowest BCUT2D eigenvalue weighted by molar-refractivity contribution is -0.138. The van der Waals surface area contributed by atoms with Crippen LogP contribution in [-0.4, -0.2) is 22.5 Å². The smallest absolute Gasteiger partial charge is 0.310 e. The summed E-state index contributed by atoms with van der Waals surface area (Å²) in [5.74, 6) is -1.17. The fourth-order valence-electron chi connectivity index (χ4n) is 2.12. The van der Waals surface area contributed by atoms with Crippen LogP contribution in [0.25, 0.3) is 0 Å². The third kappa shape index (κ3) is 1.95. The highest BCUT2D eigenvalue weighted by Gasteiger charge is 2.20. The van der Waals surface area contributed by atoms with Crippen LogP contribution >= 0.6 is 0 Å². The van der Waals surface area contributed by atoms with Crippen LogP contribution in [0.3, 0.4) is 0 Å². The molecule has 1 N–H and O–H groups in total. The van der Waals surface area contributed by atoms with Crippen molar-refractivity contribution < 1.29 is 9.90 Å². The minimum Gasteiger partial charge on any atom is -0.481 e. The molecule has 1 aliphatic heterocycles. The fraction of sp³-hybridized carbons (Fsp3) is 0.462. The maximum absolute atomic E-state index is 10.9. The van der Waals surface area contributed by atoms with E-state index >= 15 is 0 Å². The standard InChI is InChI=1S/C13H17NO2/c1-3-14-7-11-5-4-10(6-12(11)8-14)9(2)13(15)16/h4-6,9H,3,7-8H2,1-2H3,(H,15,16). The van der Waals surface area contributed by atoms with Crippen molar-refractivity contribution in [2.24, 2.45) is 0 Å². The molecule has 1 aromatic rings. The Morgan fingerprint density at radius 1 is 1.44 bits per heavy atom. The molecule has 0 saturated heterocycles. The Balaban J connectivity index is 2.25. The largest absolute Gasteiger partial charge is 0.481 e. The molecular weight excluding hydrogens is 202 g/mol. The minimum atomic E-state index is -0.759. The Hall–Kier alpha value is -1.35. The molecule has 0 amide bonds. The van der Waals surface area contributed by atoms with Crippen LogP contribution in [0, 0.1) is 0 Å². The zero-order valence-electron chi connectivity index (χ0n) is 9.73. The molecule has 16 heavy (non-hydrogen) atoms. The number of carbonyl (C=O) groups is 1. The summed E-state index contributed by atoms with van der Waals surface area (Å²) < 4.78 is 0. The summed E-state index contributed by atoms with van der Waals surface area (Å²) in [7, 11) is 0. The molecule has 0 bridgehead atoms. The highest BCUT2D eigenvalue weighted by molar-refractivity contribution is 5.75. The van der Waals surface area contributed by atoms with Crippen molar-refractivity contribution in [2.45, 2.75) is 32.9 Å². The van der Waals surface area contributed by atoms with Gasteiger partial charge in [0.25, 0.3) is 0 Å². The molecule has 1 aliphatic rings. The molecule has 0 fully saturated rings. The van der Waals surface area contributed by atoms with Crippen molar-refractivity contribution in [3.63, 3.8) is 0 Å². The van der Waals surface area contributed by atoms with E-state index in [1.54, 1.807) is 6.92 Å².